The van der Waals surface area contributed by atoms with E-state index in [9.17, 15) is 0 Å². The first-order valence-corrected chi connectivity index (χ1v) is 7.06. The molecule has 0 spiro atoms. The maximum Gasteiger partial charge on any atom is 0.0186 e. The van der Waals surface area contributed by atoms with Crippen molar-refractivity contribution in [2.45, 2.75) is 39.8 Å². The van der Waals surface area contributed by atoms with Gasteiger partial charge in [-0.25, -0.2) is 0 Å². The Morgan fingerprint density at radius 1 is 1.07 bits per heavy atom. The van der Waals surface area contributed by atoms with Crippen LogP contribution in [-0.4, -0.2) is 49.1 Å². The van der Waals surface area contributed by atoms with Gasteiger partial charge in [0.2, 0.25) is 0 Å². The van der Waals surface area contributed by atoms with Crippen molar-refractivity contribution >= 4 is 11.8 Å². The number of rotatable bonds is 8. The molecular formula is C12H28N2S. The zero-order chi connectivity index (χ0) is 11.8. The van der Waals surface area contributed by atoms with Crippen LogP contribution in [0.25, 0.3) is 0 Å². The molecule has 0 amide bonds. The Labute approximate surface area is 100 Å². The fourth-order valence-electron chi connectivity index (χ4n) is 1.09. The van der Waals surface area contributed by atoms with Crippen molar-refractivity contribution < 1.29 is 0 Å². The zero-order valence-electron chi connectivity index (χ0n) is 11.2. The fraction of sp³-hybridized carbons (Fsp3) is 1.00. The van der Waals surface area contributed by atoms with Crippen LogP contribution in [0.1, 0.15) is 27.7 Å². The van der Waals surface area contributed by atoms with E-state index in [4.69, 9.17) is 0 Å². The lowest BCUT2D eigenvalue weighted by atomic mass is 10.3. The van der Waals surface area contributed by atoms with Crippen LogP contribution >= 0.6 is 11.8 Å². The van der Waals surface area contributed by atoms with E-state index in [0.717, 1.165) is 12.5 Å². The van der Waals surface area contributed by atoms with Crippen LogP contribution in [-0.2, 0) is 0 Å². The smallest absolute Gasteiger partial charge is 0.0186 e. The van der Waals surface area contributed by atoms with Crippen LogP contribution in [0.4, 0.5) is 0 Å². The van der Waals surface area contributed by atoms with Crippen molar-refractivity contribution in [3.63, 3.8) is 0 Å². The summed E-state index contributed by atoms with van der Waals surface area (Å²) in [6.45, 7) is 10.2. The van der Waals surface area contributed by atoms with Crippen molar-refractivity contribution in [2.24, 2.45) is 5.92 Å². The average Bonchev–Trinajstić information content (AvgIpc) is 2.13. The molecule has 0 aromatic carbocycles. The van der Waals surface area contributed by atoms with E-state index in [1.807, 2.05) is 0 Å². The predicted molar refractivity (Wildman–Crippen MR) is 72.8 cm³/mol. The molecule has 0 radical (unpaired) electrons. The highest BCUT2D eigenvalue weighted by atomic mass is 32.2. The van der Waals surface area contributed by atoms with Crippen molar-refractivity contribution in [1.29, 1.82) is 0 Å². The largest absolute Gasteiger partial charge is 0.312 e. The summed E-state index contributed by atoms with van der Waals surface area (Å²) in [6, 6.07) is 1.23. The third-order valence-electron chi connectivity index (χ3n) is 2.46. The predicted octanol–water partition coefficient (Wildman–Crippen LogP) is 2.30. The van der Waals surface area contributed by atoms with Gasteiger partial charge in [-0.2, -0.15) is 11.8 Å². The van der Waals surface area contributed by atoms with Crippen molar-refractivity contribution in [3.05, 3.63) is 0 Å². The van der Waals surface area contributed by atoms with Crippen LogP contribution in [0.2, 0.25) is 0 Å². The highest BCUT2D eigenvalue weighted by molar-refractivity contribution is 7.99. The lowest BCUT2D eigenvalue weighted by Gasteiger charge is -2.22. The Morgan fingerprint density at radius 2 is 1.67 bits per heavy atom. The second kappa shape index (κ2) is 8.43. The monoisotopic (exact) mass is 232 g/mol. The first kappa shape index (κ1) is 15.3. The van der Waals surface area contributed by atoms with Gasteiger partial charge in [0.1, 0.15) is 0 Å². The van der Waals surface area contributed by atoms with E-state index in [1.165, 1.54) is 11.5 Å². The number of thioether (sulfide) groups is 1. The first-order chi connectivity index (χ1) is 6.93. The average molecular weight is 232 g/mol. The van der Waals surface area contributed by atoms with Crippen LogP contribution in [0.3, 0.4) is 0 Å². The molecule has 0 aromatic rings. The van der Waals surface area contributed by atoms with Crippen molar-refractivity contribution in [2.75, 3.05) is 32.1 Å². The third kappa shape index (κ3) is 9.21. The van der Waals surface area contributed by atoms with Gasteiger partial charge in [-0.05, 0) is 39.6 Å². The molecule has 0 saturated carbocycles. The standard InChI is InChI=1S/C12H28N2S/c1-10(2)8-15-9-11(3)13-7-12(4)14(5)6/h10-13H,7-9H2,1-6H3. The van der Waals surface area contributed by atoms with Crippen LogP contribution < -0.4 is 5.32 Å². The van der Waals surface area contributed by atoms with Crippen molar-refractivity contribution in [1.82, 2.24) is 10.2 Å². The van der Waals surface area contributed by atoms with Gasteiger partial charge < -0.3 is 10.2 Å². The molecule has 0 saturated heterocycles. The summed E-state index contributed by atoms with van der Waals surface area (Å²) in [6.07, 6.45) is 0. The maximum atomic E-state index is 3.57. The minimum absolute atomic E-state index is 0.613. The van der Waals surface area contributed by atoms with Crippen LogP contribution in [0.15, 0.2) is 0 Å². The van der Waals surface area contributed by atoms with Gasteiger partial charge in [-0.1, -0.05) is 13.8 Å². The summed E-state index contributed by atoms with van der Waals surface area (Å²) in [5.74, 6) is 3.30. The quantitative estimate of drug-likeness (QED) is 0.691. The molecule has 15 heavy (non-hydrogen) atoms. The number of hydrogen-bond acceptors (Lipinski definition) is 3. The highest BCUT2D eigenvalue weighted by Crippen LogP contribution is 2.08. The number of nitrogens with one attached hydrogen (secondary N) is 1. The molecule has 92 valence electrons. The summed E-state index contributed by atoms with van der Waals surface area (Å²) in [5.41, 5.74) is 0. The lowest BCUT2D eigenvalue weighted by Crippen LogP contribution is -2.40. The van der Waals surface area contributed by atoms with Crippen LogP contribution in [0, 0.1) is 5.92 Å². The van der Waals surface area contributed by atoms with E-state index in [0.29, 0.717) is 12.1 Å². The molecular weight excluding hydrogens is 204 g/mol. The highest BCUT2D eigenvalue weighted by Gasteiger charge is 2.07. The molecule has 2 unspecified atom stereocenters. The van der Waals surface area contributed by atoms with Gasteiger partial charge >= 0.3 is 0 Å². The molecule has 0 aliphatic carbocycles. The first-order valence-electron chi connectivity index (χ1n) is 5.91. The van der Waals surface area contributed by atoms with Crippen molar-refractivity contribution in [3.8, 4) is 0 Å². The van der Waals surface area contributed by atoms with Gasteiger partial charge in [0.15, 0.2) is 0 Å². The number of likely N-dealkylation sites (N-methyl/N-ethyl adjacent to an activating group) is 1. The lowest BCUT2D eigenvalue weighted by molar-refractivity contribution is 0.298. The molecule has 2 atom stereocenters. The molecule has 0 rings (SSSR count). The molecule has 0 fully saturated rings. The Morgan fingerprint density at radius 3 is 2.13 bits per heavy atom. The Kier molecular flexibility index (Phi) is 8.58. The van der Waals surface area contributed by atoms with E-state index < -0.39 is 0 Å². The molecule has 0 aliphatic heterocycles. The number of hydrogen-bond donors (Lipinski definition) is 1. The molecule has 2 nitrogen and oxygen atoms in total. The zero-order valence-corrected chi connectivity index (χ0v) is 12.0. The van der Waals surface area contributed by atoms with Gasteiger partial charge in [0, 0.05) is 24.4 Å². The third-order valence-corrected chi connectivity index (χ3v) is 4.10. The Hall–Kier alpha value is 0.270. The normalized spacial score (nSPS) is 16.0. The van der Waals surface area contributed by atoms with E-state index in [2.05, 4.69) is 63.8 Å². The van der Waals surface area contributed by atoms with E-state index >= 15 is 0 Å². The summed E-state index contributed by atoms with van der Waals surface area (Å²) in [5, 5.41) is 3.57. The molecule has 0 heterocycles. The topological polar surface area (TPSA) is 15.3 Å². The Bertz CT molecular complexity index is 149. The summed E-state index contributed by atoms with van der Waals surface area (Å²) < 4.78 is 0. The second-order valence-corrected chi connectivity index (χ2v) is 6.13. The molecule has 1 N–H and O–H groups in total. The summed E-state index contributed by atoms with van der Waals surface area (Å²) in [4.78, 5) is 2.25. The van der Waals surface area contributed by atoms with E-state index in [-0.39, 0.29) is 0 Å². The van der Waals surface area contributed by atoms with Gasteiger partial charge in [-0.3, -0.25) is 0 Å². The van der Waals surface area contributed by atoms with Gasteiger partial charge in [0.25, 0.3) is 0 Å². The fourth-order valence-corrected chi connectivity index (χ4v) is 2.17. The number of nitrogens with zero attached hydrogens (tertiary/aromatic N) is 1. The molecule has 0 aliphatic rings. The second-order valence-electron chi connectivity index (χ2n) is 5.05. The maximum absolute atomic E-state index is 3.57. The molecule has 0 bridgehead atoms. The van der Waals surface area contributed by atoms with Crippen LogP contribution in [0.5, 0.6) is 0 Å². The summed E-state index contributed by atoms with van der Waals surface area (Å²) in [7, 11) is 4.26. The Balaban J connectivity index is 3.44. The SMILES string of the molecule is CC(C)CSCC(C)NCC(C)N(C)C. The summed E-state index contributed by atoms with van der Waals surface area (Å²) >= 11 is 2.05. The molecule has 0 aromatic heterocycles. The van der Waals surface area contributed by atoms with Gasteiger partial charge in [0.05, 0.1) is 0 Å². The molecule has 3 heteroatoms. The van der Waals surface area contributed by atoms with E-state index in [1.54, 1.807) is 0 Å². The minimum Gasteiger partial charge on any atom is -0.312 e. The van der Waals surface area contributed by atoms with Gasteiger partial charge in [-0.15, -0.1) is 0 Å². The minimum atomic E-state index is 0.613.